The lowest BCUT2D eigenvalue weighted by Gasteiger charge is -2.30. The largest absolute Gasteiger partial charge is 0.497 e. The summed E-state index contributed by atoms with van der Waals surface area (Å²) in [5.41, 5.74) is -4.55. The summed E-state index contributed by atoms with van der Waals surface area (Å²) in [5, 5.41) is 10.9. The zero-order chi connectivity index (χ0) is 27.4. The molecule has 1 heterocycles. The van der Waals surface area contributed by atoms with Crippen molar-refractivity contribution in [1.82, 2.24) is 9.55 Å². The van der Waals surface area contributed by atoms with Crippen LogP contribution in [0, 0.1) is 0 Å². The van der Waals surface area contributed by atoms with E-state index >= 15 is 0 Å². The number of hydrogen-bond acceptors (Lipinski definition) is 4. The molecule has 0 spiro atoms. The quantitative estimate of drug-likeness (QED) is 0.248. The summed E-state index contributed by atoms with van der Waals surface area (Å²) in [6, 6.07) is 20.5. The predicted molar refractivity (Wildman–Crippen MR) is 134 cm³/mol. The Morgan fingerprint density at radius 1 is 1.03 bits per heavy atom. The van der Waals surface area contributed by atoms with E-state index < -0.39 is 17.9 Å². The van der Waals surface area contributed by atoms with Gasteiger partial charge in [0.2, 0.25) is 0 Å². The zero-order valence-corrected chi connectivity index (χ0v) is 21.0. The molecule has 5 nitrogen and oxygen atoms in total. The van der Waals surface area contributed by atoms with Gasteiger partial charge in [-0.05, 0) is 48.4 Å². The van der Waals surface area contributed by atoms with Gasteiger partial charge >= 0.3 is 6.68 Å². The third-order valence-electron chi connectivity index (χ3n) is 5.67. The highest BCUT2D eigenvalue weighted by Gasteiger charge is 2.46. The summed E-state index contributed by atoms with van der Waals surface area (Å²) >= 11 is 0. The molecule has 0 saturated heterocycles. The molecule has 4 rings (SSSR count). The minimum atomic E-state index is -3.67. The van der Waals surface area contributed by atoms with Gasteiger partial charge in [-0.25, -0.2) is 4.98 Å². The molecule has 0 amide bonds. The van der Waals surface area contributed by atoms with E-state index in [1.54, 1.807) is 24.3 Å². The Kier molecular flexibility index (Phi) is 8.66. The minimum absolute atomic E-state index is 0.0247. The number of aromatic nitrogens is 2. The van der Waals surface area contributed by atoms with E-state index in [1.165, 1.54) is 39.1 Å². The van der Waals surface area contributed by atoms with Crippen molar-refractivity contribution in [3.63, 3.8) is 0 Å². The third-order valence-corrected chi connectivity index (χ3v) is 6.23. The number of aliphatic hydroxyl groups is 1. The highest BCUT2D eigenvalue weighted by Crippen LogP contribution is 2.42. The summed E-state index contributed by atoms with van der Waals surface area (Å²) in [6.07, 6.45) is 0.346. The number of halogens is 5. The van der Waals surface area contributed by atoms with Gasteiger partial charge in [0.05, 0.1) is 23.7 Å². The number of nitrogens with zero attached hydrogens (tertiary/aromatic N) is 2. The Bertz CT molecular complexity index is 1420. The average molecular weight is 538 g/mol. The minimum Gasteiger partial charge on any atom is -0.497 e. The number of methoxy groups -OCH3 is 1. The summed E-state index contributed by atoms with van der Waals surface area (Å²) < 4.78 is 63.8. The van der Waals surface area contributed by atoms with Crippen molar-refractivity contribution in [1.29, 1.82) is 0 Å². The third kappa shape index (κ3) is 6.50. The first-order valence-electron chi connectivity index (χ1n) is 10.9. The summed E-state index contributed by atoms with van der Waals surface area (Å²) in [6.45, 7) is -2.63. The van der Waals surface area contributed by atoms with Crippen LogP contribution in [0.4, 0.5) is 22.0 Å². The van der Waals surface area contributed by atoms with E-state index in [0.29, 0.717) is 34.6 Å². The van der Waals surface area contributed by atoms with Crippen molar-refractivity contribution in [3.05, 3.63) is 100 Å². The monoisotopic (exact) mass is 538 g/mol. The van der Waals surface area contributed by atoms with Crippen molar-refractivity contribution in [2.24, 2.45) is 0 Å². The zero-order valence-electron chi connectivity index (χ0n) is 19.8. The Labute approximate surface area is 211 Å². The van der Waals surface area contributed by atoms with Gasteiger partial charge in [-0.15, -0.1) is 0 Å². The van der Waals surface area contributed by atoms with E-state index in [4.69, 9.17) is 9.72 Å². The molecule has 2 unspecified atom stereocenters. The lowest BCUT2D eigenvalue weighted by molar-refractivity contribution is -0.115. The van der Waals surface area contributed by atoms with Crippen LogP contribution in [-0.2, 0) is 12.0 Å². The van der Waals surface area contributed by atoms with Crippen LogP contribution >= 0.6 is 9.24 Å². The molecule has 196 valence electrons. The number of hydrogen-bond donors (Lipinski definition) is 1. The summed E-state index contributed by atoms with van der Waals surface area (Å²) in [4.78, 5) is 18.3. The van der Waals surface area contributed by atoms with Crippen LogP contribution in [0.25, 0.3) is 16.6 Å². The van der Waals surface area contributed by atoms with E-state index in [1.807, 2.05) is 30.3 Å². The number of fused-ring (bicyclic) bond motifs is 1. The first-order valence-corrected chi connectivity index (χ1v) is 11.5. The van der Waals surface area contributed by atoms with E-state index in [2.05, 4.69) is 0 Å². The molecule has 2 atom stereocenters. The highest BCUT2D eigenvalue weighted by atomic mass is 31.0. The van der Waals surface area contributed by atoms with Crippen LogP contribution in [0.5, 0.6) is 5.75 Å². The summed E-state index contributed by atoms with van der Waals surface area (Å²) in [7, 11) is 2.88. The Hall–Kier alpha value is -3.36. The predicted octanol–water partition coefficient (Wildman–Crippen LogP) is 5.84. The fourth-order valence-corrected chi connectivity index (χ4v) is 3.81. The second-order valence-corrected chi connectivity index (χ2v) is 8.93. The average Bonchev–Trinajstić information content (AvgIpc) is 2.84. The Morgan fingerprint density at radius 2 is 1.68 bits per heavy atom. The van der Waals surface area contributed by atoms with Crippen LogP contribution in [0.2, 0.25) is 0 Å². The molecular formula is C26H24F5N2O3P. The fourth-order valence-electron chi connectivity index (χ4n) is 3.64. The topological polar surface area (TPSA) is 64.3 Å². The lowest BCUT2D eigenvalue weighted by atomic mass is 9.95. The van der Waals surface area contributed by atoms with E-state index in [0.717, 1.165) is 12.5 Å². The SMILES string of the molecule is COc1ccc2nc(Cc3ccccc3)n(-c3cccc(C(C)(O)C(F)(F)P)c3)c(=O)c2c1.FC(F)F. The van der Waals surface area contributed by atoms with E-state index in [-0.39, 0.29) is 11.1 Å². The van der Waals surface area contributed by atoms with Crippen molar-refractivity contribution in [2.75, 3.05) is 7.11 Å². The van der Waals surface area contributed by atoms with Crippen LogP contribution < -0.4 is 10.3 Å². The van der Waals surface area contributed by atoms with E-state index in [9.17, 15) is 31.9 Å². The molecule has 37 heavy (non-hydrogen) atoms. The molecule has 11 heteroatoms. The smallest absolute Gasteiger partial charge is 0.379 e. The maximum atomic E-state index is 14.1. The van der Waals surface area contributed by atoms with Gasteiger partial charge in [-0.3, -0.25) is 9.36 Å². The Morgan fingerprint density at radius 3 is 2.27 bits per heavy atom. The molecular weight excluding hydrogens is 514 g/mol. The molecule has 0 bridgehead atoms. The van der Waals surface area contributed by atoms with Crippen molar-refractivity contribution in [2.45, 2.75) is 31.3 Å². The van der Waals surface area contributed by atoms with Crippen molar-refractivity contribution >= 4 is 20.1 Å². The molecule has 1 aromatic heterocycles. The van der Waals surface area contributed by atoms with Crippen molar-refractivity contribution in [3.8, 4) is 11.4 Å². The highest BCUT2D eigenvalue weighted by molar-refractivity contribution is 7.18. The van der Waals surface area contributed by atoms with Gasteiger partial charge in [0, 0.05) is 6.42 Å². The van der Waals surface area contributed by atoms with Crippen LogP contribution in [-0.4, -0.2) is 34.1 Å². The molecule has 1 N–H and O–H groups in total. The van der Waals surface area contributed by atoms with Crippen LogP contribution in [0.3, 0.4) is 0 Å². The first kappa shape index (κ1) is 28.2. The van der Waals surface area contributed by atoms with Gasteiger partial charge in [-0.2, -0.15) is 22.0 Å². The van der Waals surface area contributed by atoms with Gasteiger partial charge in [-0.1, -0.05) is 51.7 Å². The van der Waals surface area contributed by atoms with Crippen molar-refractivity contribution < 1.29 is 31.8 Å². The number of rotatable bonds is 6. The van der Waals surface area contributed by atoms with Gasteiger partial charge < -0.3 is 9.84 Å². The van der Waals surface area contributed by atoms with Gasteiger partial charge in [0.25, 0.3) is 11.2 Å². The second kappa shape index (κ2) is 11.4. The molecule has 3 aromatic carbocycles. The number of alkyl halides is 5. The van der Waals surface area contributed by atoms with Crippen LogP contribution in [0.15, 0.2) is 77.6 Å². The molecule has 0 aliphatic heterocycles. The Balaban J connectivity index is 0.000000886. The number of benzene rings is 3. The second-order valence-electron chi connectivity index (χ2n) is 8.21. The molecule has 0 radical (unpaired) electrons. The first-order chi connectivity index (χ1) is 17.3. The normalized spacial score (nSPS) is 13.1. The molecule has 4 aromatic rings. The maximum Gasteiger partial charge on any atom is 0.379 e. The lowest BCUT2D eigenvalue weighted by Crippen LogP contribution is -2.38. The van der Waals surface area contributed by atoms with Crippen LogP contribution in [0.1, 0.15) is 23.9 Å². The molecule has 0 fully saturated rings. The fraction of sp³-hybridized carbons (Fsp3) is 0.231. The number of ether oxygens (including phenoxy) is 1. The molecule has 0 aliphatic carbocycles. The van der Waals surface area contributed by atoms with Gasteiger partial charge in [0.1, 0.15) is 11.6 Å². The standard InChI is InChI=1S/C25H23F2N2O3P.CHF3/c1-24(31,25(26,27)33)17-9-6-10-18(14-17)29-22(13-16-7-4-3-5-8-16)28-21-12-11-19(32-2)15-20(21)23(29)30;2-1(3)4/h3-12,14-15,31H,13,33H2,1-2H3;1H. The molecule has 0 aliphatic rings. The van der Waals surface area contributed by atoms with Gasteiger partial charge in [0.15, 0.2) is 5.60 Å². The maximum absolute atomic E-state index is 14.1. The molecule has 0 saturated carbocycles. The summed E-state index contributed by atoms with van der Waals surface area (Å²) in [5.74, 6) is 0.946.